The fourth-order valence-corrected chi connectivity index (χ4v) is 1.38. The predicted octanol–water partition coefficient (Wildman–Crippen LogP) is 2.34. The average Bonchev–Trinajstić information content (AvgIpc) is 2.80. The number of hydrogen-bond acceptors (Lipinski definition) is 3. The normalized spacial score (nSPS) is 10.7. The lowest BCUT2D eigenvalue weighted by Crippen LogP contribution is -2.08. The molecule has 0 unspecified atom stereocenters. The summed E-state index contributed by atoms with van der Waals surface area (Å²) in [7, 11) is 0. The topological polar surface area (TPSA) is 42.7 Å². The fraction of sp³-hybridized carbons (Fsp3) is 0.333. The summed E-state index contributed by atoms with van der Waals surface area (Å²) in [5.74, 6) is 0.646. The highest BCUT2D eigenvalue weighted by Gasteiger charge is 1.98. The Balaban J connectivity index is 2.05. The van der Waals surface area contributed by atoms with Crippen LogP contribution in [0, 0.1) is 5.92 Å². The largest absolute Gasteiger partial charge is 0.385 e. The molecule has 0 aliphatic carbocycles. The van der Waals surface area contributed by atoms with E-state index < -0.39 is 0 Å². The van der Waals surface area contributed by atoms with Crippen LogP contribution >= 0.6 is 0 Å². The predicted molar refractivity (Wildman–Crippen MR) is 64.7 cm³/mol. The molecule has 1 aromatic heterocycles. The van der Waals surface area contributed by atoms with Crippen LogP contribution in [0.3, 0.4) is 0 Å². The summed E-state index contributed by atoms with van der Waals surface area (Å²) in [6, 6.07) is 8.09. The molecule has 0 amide bonds. The SMILES string of the molecule is CC(C)CNc1ccc(-n2nccn2)cc1. The second-order valence-corrected chi connectivity index (χ2v) is 4.14. The van der Waals surface area contributed by atoms with Gasteiger partial charge in [0.25, 0.3) is 0 Å². The van der Waals surface area contributed by atoms with Gasteiger partial charge in [-0.3, -0.25) is 0 Å². The van der Waals surface area contributed by atoms with Crippen LogP contribution in [0.1, 0.15) is 13.8 Å². The van der Waals surface area contributed by atoms with E-state index in [1.54, 1.807) is 17.2 Å². The van der Waals surface area contributed by atoms with Crippen molar-refractivity contribution < 1.29 is 0 Å². The molecule has 2 rings (SSSR count). The second kappa shape index (κ2) is 4.79. The van der Waals surface area contributed by atoms with Crippen LogP contribution in [0.25, 0.3) is 5.69 Å². The molecule has 84 valence electrons. The molecule has 0 atom stereocenters. The number of nitrogens with zero attached hydrogens (tertiary/aromatic N) is 3. The number of benzene rings is 1. The van der Waals surface area contributed by atoms with Crippen molar-refractivity contribution in [3.63, 3.8) is 0 Å². The third-order valence-corrected chi connectivity index (χ3v) is 2.23. The van der Waals surface area contributed by atoms with E-state index in [4.69, 9.17) is 0 Å². The zero-order valence-electron chi connectivity index (χ0n) is 9.59. The third-order valence-electron chi connectivity index (χ3n) is 2.23. The molecule has 4 nitrogen and oxygen atoms in total. The molecular formula is C12H16N4. The van der Waals surface area contributed by atoms with Crippen molar-refractivity contribution in [1.29, 1.82) is 0 Å². The van der Waals surface area contributed by atoms with Crippen LogP contribution in [0.4, 0.5) is 5.69 Å². The molecule has 0 radical (unpaired) electrons. The molecule has 1 heterocycles. The Kier molecular flexibility index (Phi) is 3.19. The molecule has 0 aliphatic heterocycles. The van der Waals surface area contributed by atoms with Gasteiger partial charge in [0.15, 0.2) is 0 Å². The number of nitrogens with one attached hydrogen (secondary N) is 1. The van der Waals surface area contributed by atoms with Crippen molar-refractivity contribution in [3.05, 3.63) is 36.7 Å². The van der Waals surface area contributed by atoms with Crippen molar-refractivity contribution in [3.8, 4) is 5.69 Å². The Hall–Kier alpha value is -1.84. The van der Waals surface area contributed by atoms with E-state index in [1.165, 1.54) is 0 Å². The molecule has 0 fully saturated rings. The van der Waals surface area contributed by atoms with Gasteiger partial charge in [-0.25, -0.2) is 0 Å². The second-order valence-electron chi connectivity index (χ2n) is 4.14. The number of anilines is 1. The van der Waals surface area contributed by atoms with E-state index in [9.17, 15) is 0 Å². The molecule has 0 spiro atoms. The summed E-state index contributed by atoms with van der Waals surface area (Å²) < 4.78 is 0. The average molecular weight is 216 g/mol. The quantitative estimate of drug-likeness (QED) is 0.853. The summed E-state index contributed by atoms with van der Waals surface area (Å²) in [6.45, 7) is 5.36. The molecule has 0 bridgehead atoms. The van der Waals surface area contributed by atoms with Crippen LogP contribution in [-0.2, 0) is 0 Å². The number of rotatable bonds is 4. The summed E-state index contributed by atoms with van der Waals surface area (Å²) >= 11 is 0. The zero-order valence-corrected chi connectivity index (χ0v) is 9.59. The van der Waals surface area contributed by atoms with Gasteiger partial charge in [0.2, 0.25) is 0 Å². The maximum Gasteiger partial charge on any atom is 0.0858 e. The van der Waals surface area contributed by atoms with Crippen LogP contribution in [0.15, 0.2) is 36.7 Å². The minimum absolute atomic E-state index is 0.646. The summed E-state index contributed by atoms with van der Waals surface area (Å²) in [4.78, 5) is 1.60. The first kappa shape index (κ1) is 10.7. The van der Waals surface area contributed by atoms with Crippen molar-refractivity contribution in [2.24, 2.45) is 5.92 Å². The molecule has 0 aliphatic rings. The van der Waals surface area contributed by atoms with Gasteiger partial charge in [0.1, 0.15) is 0 Å². The fourth-order valence-electron chi connectivity index (χ4n) is 1.38. The van der Waals surface area contributed by atoms with Crippen LogP contribution in [0.2, 0.25) is 0 Å². The Morgan fingerprint density at radius 1 is 1.12 bits per heavy atom. The number of aromatic nitrogens is 3. The zero-order chi connectivity index (χ0) is 11.4. The van der Waals surface area contributed by atoms with Gasteiger partial charge in [-0.05, 0) is 30.2 Å². The Morgan fingerprint density at radius 2 is 1.75 bits per heavy atom. The van der Waals surface area contributed by atoms with Crippen molar-refractivity contribution in [2.75, 3.05) is 11.9 Å². The number of hydrogen-bond donors (Lipinski definition) is 1. The molecule has 0 saturated heterocycles. The first-order valence-corrected chi connectivity index (χ1v) is 5.46. The van der Waals surface area contributed by atoms with Crippen molar-refractivity contribution in [2.45, 2.75) is 13.8 Å². The maximum atomic E-state index is 4.08. The van der Waals surface area contributed by atoms with E-state index in [1.807, 2.05) is 24.3 Å². The van der Waals surface area contributed by atoms with Gasteiger partial charge in [-0.15, -0.1) is 0 Å². The molecule has 16 heavy (non-hydrogen) atoms. The molecular weight excluding hydrogens is 200 g/mol. The smallest absolute Gasteiger partial charge is 0.0858 e. The van der Waals surface area contributed by atoms with Crippen LogP contribution < -0.4 is 5.32 Å². The summed E-state index contributed by atoms with van der Waals surface area (Å²) in [5, 5.41) is 11.5. The van der Waals surface area contributed by atoms with Crippen molar-refractivity contribution >= 4 is 5.69 Å². The Bertz CT molecular complexity index is 417. The standard InChI is InChI=1S/C12H16N4/c1-10(2)9-13-11-3-5-12(6-4-11)16-14-7-8-15-16/h3-8,10,13H,9H2,1-2H3. The third kappa shape index (κ3) is 2.59. The van der Waals surface area contributed by atoms with Gasteiger partial charge >= 0.3 is 0 Å². The van der Waals surface area contributed by atoms with Crippen LogP contribution in [-0.4, -0.2) is 21.5 Å². The van der Waals surface area contributed by atoms with Gasteiger partial charge < -0.3 is 5.32 Å². The summed E-state index contributed by atoms with van der Waals surface area (Å²) in [6.07, 6.45) is 3.34. The van der Waals surface area contributed by atoms with Gasteiger partial charge in [-0.1, -0.05) is 13.8 Å². The van der Waals surface area contributed by atoms with E-state index in [-0.39, 0.29) is 0 Å². The molecule has 2 aromatic rings. The van der Waals surface area contributed by atoms with Gasteiger partial charge in [-0.2, -0.15) is 15.0 Å². The molecule has 1 N–H and O–H groups in total. The Morgan fingerprint density at radius 3 is 2.31 bits per heavy atom. The highest BCUT2D eigenvalue weighted by atomic mass is 15.5. The first-order chi connectivity index (χ1) is 7.75. The monoisotopic (exact) mass is 216 g/mol. The van der Waals surface area contributed by atoms with Gasteiger partial charge in [0.05, 0.1) is 18.1 Å². The maximum absolute atomic E-state index is 4.08. The van der Waals surface area contributed by atoms with Crippen molar-refractivity contribution in [1.82, 2.24) is 15.0 Å². The lowest BCUT2D eigenvalue weighted by atomic mass is 10.2. The lowest BCUT2D eigenvalue weighted by Gasteiger charge is -2.09. The highest BCUT2D eigenvalue weighted by Crippen LogP contribution is 2.12. The highest BCUT2D eigenvalue weighted by molar-refractivity contribution is 5.48. The van der Waals surface area contributed by atoms with Gasteiger partial charge in [0, 0.05) is 12.2 Å². The summed E-state index contributed by atoms with van der Waals surface area (Å²) in [5.41, 5.74) is 2.10. The van der Waals surface area contributed by atoms with E-state index in [0.717, 1.165) is 17.9 Å². The first-order valence-electron chi connectivity index (χ1n) is 5.46. The molecule has 0 saturated carbocycles. The van der Waals surface area contributed by atoms with E-state index >= 15 is 0 Å². The molecule has 1 aromatic carbocycles. The van der Waals surface area contributed by atoms with E-state index in [2.05, 4.69) is 29.4 Å². The van der Waals surface area contributed by atoms with E-state index in [0.29, 0.717) is 5.92 Å². The minimum atomic E-state index is 0.646. The minimum Gasteiger partial charge on any atom is -0.385 e. The molecule has 4 heteroatoms. The lowest BCUT2D eigenvalue weighted by molar-refractivity contribution is 0.689. The Labute approximate surface area is 95.3 Å². The van der Waals surface area contributed by atoms with Crippen LogP contribution in [0.5, 0.6) is 0 Å².